The molecule has 228 valence electrons. The van der Waals surface area contributed by atoms with Crippen LogP contribution in [-0.4, -0.2) is 25.3 Å². The Morgan fingerprint density at radius 3 is 1.73 bits per heavy atom. The molecule has 45 heavy (non-hydrogen) atoms. The number of Topliss-reactive ketones (excluding diaryl/α,β-unsaturated/α-hetero) is 1. The number of anilines is 1. The SMILES string of the molecule is CCc1cc(CC)c(C(=O)NC)cc1C(=O)CNc1cccc(Oc2ccc(-c3ccc(Oc4cccc(C)c4)cc3)cc2)c1. The van der Waals surface area contributed by atoms with E-state index in [0.717, 1.165) is 51.4 Å². The van der Waals surface area contributed by atoms with Crippen LogP contribution in [-0.2, 0) is 12.8 Å². The van der Waals surface area contributed by atoms with Crippen LogP contribution in [0.2, 0.25) is 0 Å². The molecular formula is C39H38N2O4. The van der Waals surface area contributed by atoms with E-state index in [0.29, 0.717) is 29.0 Å². The van der Waals surface area contributed by atoms with E-state index >= 15 is 0 Å². The summed E-state index contributed by atoms with van der Waals surface area (Å²) in [5.74, 6) is 2.71. The van der Waals surface area contributed by atoms with Crippen LogP contribution in [0, 0.1) is 6.92 Å². The van der Waals surface area contributed by atoms with E-state index in [1.807, 2.05) is 124 Å². The maximum absolute atomic E-state index is 13.3. The largest absolute Gasteiger partial charge is 0.457 e. The summed E-state index contributed by atoms with van der Waals surface area (Å²) < 4.78 is 12.1. The molecule has 6 nitrogen and oxygen atoms in total. The predicted molar refractivity (Wildman–Crippen MR) is 181 cm³/mol. The molecule has 0 aliphatic heterocycles. The van der Waals surface area contributed by atoms with Gasteiger partial charge in [0.05, 0.1) is 6.54 Å². The van der Waals surface area contributed by atoms with Gasteiger partial charge in [0, 0.05) is 29.9 Å². The summed E-state index contributed by atoms with van der Waals surface area (Å²) >= 11 is 0. The Labute approximate surface area is 265 Å². The number of benzene rings is 5. The van der Waals surface area contributed by atoms with Crippen LogP contribution in [0.5, 0.6) is 23.0 Å². The number of nitrogens with one attached hydrogen (secondary N) is 2. The Morgan fingerprint density at radius 1 is 0.622 bits per heavy atom. The molecule has 6 heteroatoms. The molecule has 0 unspecified atom stereocenters. The van der Waals surface area contributed by atoms with Crippen molar-refractivity contribution in [1.29, 1.82) is 0 Å². The zero-order valence-electron chi connectivity index (χ0n) is 26.1. The second-order valence-electron chi connectivity index (χ2n) is 10.8. The quantitative estimate of drug-likeness (QED) is 0.140. The van der Waals surface area contributed by atoms with Gasteiger partial charge in [0.15, 0.2) is 5.78 Å². The number of ketones is 1. The van der Waals surface area contributed by atoms with Gasteiger partial charge in [-0.15, -0.1) is 0 Å². The minimum atomic E-state index is -0.184. The van der Waals surface area contributed by atoms with Crippen molar-refractivity contribution in [3.05, 3.63) is 137 Å². The maximum Gasteiger partial charge on any atom is 0.251 e. The Kier molecular flexibility index (Phi) is 9.95. The third kappa shape index (κ3) is 7.78. The fourth-order valence-electron chi connectivity index (χ4n) is 5.22. The molecule has 0 aliphatic rings. The third-order valence-corrected chi connectivity index (χ3v) is 7.65. The Bertz CT molecular complexity index is 1790. The fraction of sp³-hybridized carbons (Fsp3) is 0.179. The molecule has 5 aromatic rings. The molecule has 1 amide bonds. The van der Waals surface area contributed by atoms with E-state index in [1.54, 1.807) is 13.1 Å². The van der Waals surface area contributed by atoms with Crippen molar-refractivity contribution in [2.45, 2.75) is 33.6 Å². The van der Waals surface area contributed by atoms with Crippen molar-refractivity contribution >= 4 is 17.4 Å². The minimum absolute atomic E-state index is 0.0728. The van der Waals surface area contributed by atoms with E-state index in [-0.39, 0.29) is 18.2 Å². The van der Waals surface area contributed by atoms with Crippen LogP contribution >= 0.6 is 0 Å². The smallest absolute Gasteiger partial charge is 0.251 e. The molecule has 5 rings (SSSR count). The van der Waals surface area contributed by atoms with E-state index < -0.39 is 0 Å². The standard InChI is InChI=1S/C39H38N2O4/c1-5-27-22-28(6-2)37(39(43)40-4)24-36(27)38(42)25-41-31-10-8-12-35(23-31)45-33-19-15-30(16-20-33)29-13-17-32(18-14-29)44-34-11-7-9-26(3)21-34/h7-24,41H,5-6,25H2,1-4H3,(H,40,43). The summed E-state index contributed by atoms with van der Waals surface area (Å²) in [7, 11) is 1.60. The highest BCUT2D eigenvalue weighted by molar-refractivity contribution is 6.04. The summed E-state index contributed by atoms with van der Waals surface area (Å²) in [5, 5.41) is 5.91. The van der Waals surface area contributed by atoms with Crippen molar-refractivity contribution in [2.75, 3.05) is 18.9 Å². The molecule has 0 heterocycles. The lowest BCUT2D eigenvalue weighted by molar-refractivity contribution is 0.0962. The van der Waals surface area contributed by atoms with Crippen molar-refractivity contribution in [3.63, 3.8) is 0 Å². The number of amides is 1. The van der Waals surface area contributed by atoms with Crippen LogP contribution < -0.4 is 20.1 Å². The number of rotatable bonds is 12. The monoisotopic (exact) mass is 598 g/mol. The molecule has 0 saturated carbocycles. The first-order valence-corrected chi connectivity index (χ1v) is 15.2. The molecule has 2 N–H and O–H groups in total. The lowest BCUT2D eigenvalue weighted by Crippen LogP contribution is -2.22. The average Bonchev–Trinajstić information content (AvgIpc) is 3.07. The molecule has 0 saturated heterocycles. The first kappa shape index (κ1) is 31.1. The van der Waals surface area contributed by atoms with Crippen LogP contribution in [0.15, 0.2) is 109 Å². The zero-order valence-corrected chi connectivity index (χ0v) is 26.1. The highest BCUT2D eigenvalue weighted by Crippen LogP contribution is 2.30. The van der Waals surface area contributed by atoms with E-state index in [1.165, 1.54) is 0 Å². The van der Waals surface area contributed by atoms with Gasteiger partial charge >= 0.3 is 0 Å². The number of ether oxygens (including phenoxy) is 2. The first-order valence-electron chi connectivity index (χ1n) is 15.2. The predicted octanol–water partition coefficient (Wildman–Crippen LogP) is 9.03. The molecule has 5 aromatic carbocycles. The lowest BCUT2D eigenvalue weighted by atomic mass is 9.93. The van der Waals surface area contributed by atoms with Crippen LogP contribution in [0.25, 0.3) is 11.1 Å². The van der Waals surface area contributed by atoms with Gasteiger partial charge in [-0.2, -0.15) is 0 Å². The second-order valence-corrected chi connectivity index (χ2v) is 10.8. The van der Waals surface area contributed by atoms with Gasteiger partial charge in [-0.3, -0.25) is 9.59 Å². The number of hydrogen-bond donors (Lipinski definition) is 2. The summed E-state index contributed by atoms with van der Waals surface area (Å²) in [6.45, 7) is 6.17. The topological polar surface area (TPSA) is 76.7 Å². The number of carbonyl (C=O) groups excluding carboxylic acids is 2. The normalized spacial score (nSPS) is 10.7. The molecule has 0 spiro atoms. The Morgan fingerprint density at radius 2 is 1.18 bits per heavy atom. The van der Waals surface area contributed by atoms with Crippen molar-refractivity contribution in [2.24, 2.45) is 0 Å². The van der Waals surface area contributed by atoms with Crippen molar-refractivity contribution in [1.82, 2.24) is 5.32 Å². The summed E-state index contributed by atoms with van der Waals surface area (Å²) in [6, 6.07) is 35.2. The van der Waals surface area contributed by atoms with Crippen LogP contribution in [0.4, 0.5) is 5.69 Å². The molecule has 0 aromatic heterocycles. The second kappa shape index (κ2) is 14.4. The number of carbonyl (C=O) groups is 2. The fourth-order valence-corrected chi connectivity index (χ4v) is 5.22. The van der Waals surface area contributed by atoms with Crippen LogP contribution in [0.1, 0.15) is 51.3 Å². The molecule has 0 radical (unpaired) electrons. The van der Waals surface area contributed by atoms with Gasteiger partial charge in [0.1, 0.15) is 23.0 Å². The summed E-state index contributed by atoms with van der Waals surface area (Å²) in [5.41, 5.74) is 7.06. The third-order valence-electron chi connectivity index (χ3n) is 7.65. The van der Waals surface area contributed by atoms with Crippen molar-refractivity contribution in [3.8, 4) is 34.1 Å². The highest BCUT2D eigenvalue weighted by atomic mass is 16.5. The van der Waals surface area contributed by atoms with Gasteiger partial charge in [-0.1, -0.05) is 62.4 Å². The van der Waals surface area contributed by atoms with Gasteiger partial charge in [0.25, 0.3) is 5.91 Å². The van der Waals surface area contributed by atoms with Gasteiger partial charge in [-0.05, 0) is 102 Å². The molecule has 0 atom stereocenters. The van der Waals surface area contributed by atoms with Gasteiger partial charge < -0.3 is 20.1 Å². The first-order chi connectivity index (χ1) is 21.9. The van der Waals surface area contributed by atoms with E-state index in [4.69, 9.17) is 9.47 Å². The van der Waals surface area contributed by atoms with Gasteiger partial charge in [-0.25, -0.2) is 0 Å². The number of aryl methyl sites for hydroxylation is 3. The zero-order chi connectivity index (χ0) is 31.8. The average molecular weight is 599 g/mol. The molecular weight excluding hydrogens is 560 g/mol. The van der Waals surface area contributed by atoms with E-state index in [9.17, 15) is 9.59 Å². The van der Waals surface area contributed by atoms with E-state index in [2.05, 4.69) is 10.6 Å². The summed E-state index contributed by atoms with van der Waals surface area (Å²) in [4.78, 5) is 25.7. The molecule has 0 fully saturated rings. The lowest BCUT2D eigenvalue weighted by Gasteiger charge is -2.15. The Hall–Kier alpha value is -5.36. The maximum atomic E-state index is 13.3. The van der Waals surface area contributed by atoms with Gasteiger partial charge in [0.2, 0.25) is 0 Å². The van der Waals surface area contributed by atoms with Crippen LogP contribution in [0.3, 0.4) is 0 Å². The number of hydrogen-bond acceptors (Lipinski definition) is 5. The minimum Gasteiger partial charge on any atom is -0.457 e. The highest BCUT2D eigenvalue weighted by Gasteiger charge is 2.18. The molecule has 0 aliphatic carbocycles. The molecule has 0 bridgehead atoms. The van der Waals surface area contributed by atoms with Crippen molar-refractivity contribution < 1.29 is 19.1 Å². The summed E-state index contributed by atoms with van der Waals surface area (Å²) in [6.07, 6.45) is 1.42. The Balaban J connectivity index is 1.21.